The van der Waals surface area contributed by atoms with Gasteiger partial charge in [0.05, 0.1) is 5.69 Å². The molecule has 0 aromatic carbocycles. The predicted octanol–water partition coefficient (Wildman–Crippen LogP) is 3.21. The summed E-state index contributed by atoms with van der Waals surface area (Å²) in [6.07, 6.45) is 3.64. The van der Waals surface area contributed by atoms with Crippen LogP contribution < -0.4 is 0 Å². The SMILES string of the molecule is Br/C=C/c1ncccc1Br. The van der Waals surface area contributed by atoms with E-state index in [0.717, 1.165) is 10.2 Å². The summed E-state index contributed by atoms with van der Waals surface area (Å²) in [4.78, 5) is 5.88. The molecule has 0 fully saturated rings. The van der Waals surface area contributed by atoms with Gasteiger partial charge in [-0.15, -0.1) is 0 Å². The lowest BCUT2D eigenvalue weighted by atomic mass is 10.3. The molecule has 52 valence electrons. The van der Waals surface area contributed by atoms with Gasteiger partial charge < -0.3 is 0 Å². The Morgan fingerprint density at radius 1 is 1.50 bits per heavy atom. The van der Waals surface area contributed by atoms with Crippen LogP contribution in [0.4, 0.5) is 0 Å². The van der Waals surface area contributed by atoms with Gasteiger partial charge in [0.2, 0.25) is 0 Å². The Labute approximate surface area is 76.4 Å². The smallest absolute Gasteiger partial charge is 0.0776 e. The van der Waals surface area contributed by atoms with Crippen molar-refractivity contribution in [1.29, 1.82) is 0 Å². The van der Waals surface area contributed by atoms with Crippen LogP contribution in [0, 0.1) is 0 Å². The molecule has 0 aliphatic heterocycles. The summed E-state index contributed by atoms with van der Waals surface area (Å²) in [5, 5.41) is 0. The van der Waals surface area contributed by atoms with Crippen molar-refractivity contribution in [2.75, 3.05) is 0 Å². The minimum Gasteiger partial charge on any atom is -0.256 e. The molecule has 0 spiro atoms. The maximum atomic E-state index is 4.10. The van der Waals surface area contributed by atoms with E-state index in [-0.39, 0.29) is 0 Å². The van der Waals surface area contributed by atoms with Crippen LogP contribution in [0.5, 0.6) is 0 Å². The Hall–Kier alpha value is -0.150. The standard InChI is InChI=1S/C7H5Br2N/c8-4-3-7-6(9)2-1-5-10-7/h1-5H/b4-3+. The van der Waals surface area contributed by atoms with Crippen LogP contribution in [0.25, 0.3) is 6.08 Å². The maximum Gasteiger partial charge on any atom is 0.0776 e. The van der Waals surface area contributed by atoms with Crippen LogP contribution in [-0.4, -0.2) is 4.98 Å². The summed E-state index contributed by atoms with van der Waals surface area (Å²) in [5.41, 5.74) is 0.930. The van der Waals surface area contributed by atoms with Gasteiger partial charge in [0.25, 0.3) is 0 Å². The molecule has 0 N–H and O–H groups in total. The molecular formula is C7H5Br2N. The lowest BCUT2D eigenvalue weighted by molar-refractivity contribution is 1.28. The zero-order valence-electron chi connectivity index (χ0n) is 5.09. The van der Waals surface area contributed by atoms with E-state index in [0.29, 0.717) is 0 Å². The number of halogens is 2. The lowest BCUT2D eigenvalue weighted by Gasteiger charge is -1.92. The van der Waals surface area contributed by atoms with E-state index in [9.17, 15) is 0 Å². The number of hydrogen-bond donors (Lipinski definition) is 0. The van der Waals surface area contributed by atoms with E-state index in [1.165, 1.54) is 0 Å². The van der Waals surface area contributed by atoms with Crippen LogP contribution in [-0.2, 0) is 0 Å². The van der Waals surface area contributed by atoms with Gasteiger partial charge in [-0.1, -0.05) is 15.9 Å². The van der Waals surface area contributed by atoms with E-state index >= 15 is 0 Å². The highest BCUT2D eigenvalue weighted by atomic mass is 79.9. The number of aromatic nitrogens is 1. The quantitative estimate of drug-likeness (QED) is 0.758. The van der Waals surface area contributed by atoms with Crippen LogP contribution in [0.1, 0.15) is 5.69 Å². The normalized spacial score (nSPS) is 10.6. The molecule has 3 heteroatoms. The largest absolute Gasteiger partial charge is 0.256 e. The topological polar surface area (TPSA) is 12.9 Å². The summed E-state index contributed by atoms with van der Waals surface area (Å²) < 4.78 is 1.01. The molecule has 1 aromatic heterocycles. The third-order valence-corrected chi connectivity index (χ3v) is 1.94. The Morgan fingerprint density at radius 2 is 2.30 bits per heavy atom. The van der Waals surface area contributed by atoms with Crippen molar-refractivity contribution in [2.24, 2.45) is 0 Å². The van der Waals surface area contributed by atoms with E-state index in [4.69, 9.17) is 0 Å². The third kappa shape index (κ3) is 1.92. The molecule has 0 saturated carbocycles. The van der Waals surface area contributed by atoms with Gasteiger partial charge in [-0.3, -0.25) is 4.98 Å². The molecular weight excluding hydrogens is 258 g/mol. The highest BCUT2D eigenvalue weighted by Crippen LogP contribution is 2.14. The molecule has 1 heterocycles. The minimum absolute atomic E-state index is 0.930. The highest BCUT2D eigenvalue weighted by molar-refractivity contribution is 9.11. The summed E-state index contributed by atoms with van der Waals surface area (Å²) in [6.45, 7) is 0. The second kappa shape index (κ2) is 3.88. The first kappa shape index (κ1) is 7.95. The second-order valence-electron chi connectivity index (χ2n) is 1.66. The van der Waals surface area contributed by atoms with Crippen LogP contribution in [0.15, 0.2) is 27.8 Å². The van der Waals surface area contributed by atoms with Crippen molar-refractivity contribution in [3.63, 3.8) is 0 Å². The first-order valence-electron chi connectivity index (χ1n) is 2.72. The van der Waals surface area contributed by atoms with Crippen molar-refractivity contribution >= 4 is 37.9 Å². The van der Waals surface area contributed by atoms with E-state index < -0.39 is 0 Å². The van der Waals surface area contributed by atoms with Crippen molar-refractivity contribution < 1.29 is 0 Å². The van der Waals surface area contributed by atoms with Crippen molar-refractivity contribution in [3.8, 4) is 0 Å². The van der Waals surface area contributed by atoms with Gasteiger partial charge in [0, 0.05) is 10.7 Å². The zero-order valence-corrected chi connectivity index (χ0v) is 8.26. The molecule has 0 saturated heterocycles. The summed E-state index contributed by atoms with van der Waals surface area (Å²) in [7, 11) is 0. The molecule has 10 heavy (non-hydrogen) atoms. The molecule has 0 radical (unpaired) electrons. The molecule has 0 bridgehead atoms. The Morgan fingerprint density at radius 3 is 2.90 bits per heavy atom. The number of hydrogen-bond acceptors (Lipinski definition) is 1. The lowest BCUT2D eigenvalue weighted by Crippen LogP contribution is -1.78. The van der Waals surface area contributed by atoms with Crippen molar-refractivity contribution in [3.05, 3.63) is 33.5 Å². The zero-order chi connectivity index (χ0) is 7.40. The van der Waals surface area contributed by atoms with Gasteiger partial charge in [-0.05, 0) is 39.1 Å². The fourth-order valence-electron chi connectivity index (χ4n) is 0.580. The molecule has 0 aliphatic carbocycles. The van der Waals surface area contributed by atoms with Crippen LogP contribution >= 0.6 is 31.9 Å². The summed E-state index contributed by atoms with van der Waals surface area (Å²) >= 11 is 6.54. The Bertz CT molecular complexity index is 245. The van der Waals surface area contributed by atoms with Gasteiger partial charge in [-0.2, -0.15) is 0 Å². The first-order chi connectivity index (χ1) is 4.84. The Balaban J connectivity index is 3.03. The molecule has 1 rings (SSSR count). The predicted molar refractivity (Wildman–Crippen MR) is 49.9 cm³/mol. The Kier molecular flexibility index (Phi) is 3.09. The fraction of sp³-hybridized carbons (Fsp3) is 0. The van der Waals surface area contributed by atoms with E-state index in [1.807, 2.05) is 18.2 Å². The summed E-state index contributed by atoms with van der Waals surface area (Å²) in [5.74, 6) is 0. The number of pyridine rings is 1. The average Bonchev–Trinajstić information content (AvgIpc) is 1.94. The fourth-order valence-corrected chi connectivity index (χ4v) is 1.22. The van der Waals surface area contributed by atoms with Gasteiger partial charge >= 0.3 is 0 Å². The average molecular weight is 263 g/mol. The van der Waals surface area contributed by atoms with E-state index in [2.05, 4.69) is 36.8 Å². The molecule has 0 aliphatic rings. The van der Waals surface area contributed by atoms with Crippen LogP contribution in [0.2, 0.25) is 0 Å². The molecule has 0 amide bonds. The van der Waals surface area contributed by atoms with Crippen molar-refractivity contribution in [1.82, 2.24) is 4.98 Å². The number of nitrogens with zero attached hydrogens (tertiary/aromatic N) is 1. The number of rotatable bonds is 1. The molecule has 0 unspecified atom stereocenters. The summed E-state index contributed by atoms with van der Waals surface area (Å²) in [6, 6.07) is 3.84. The first-order valence-corrected chi connectivity index (χ1v) is 4.43. The highest BCUT2D eigenvalue weighted by Gasteiger charge is 1.91. The third-order valence-electron chi connectivity index (χ3n) is 1.01. The van der Waals surface area contributed by atoms with Crippen LogP contribution in [0.3, 0.4) is 0 Å². The van der Waals surface area contributed by atoms with Gasteiger partial charge in [-0.25, -0.2) is 0 Å². The van der Waals surface area contributed by atoms with Gasteiger partial charge in [0.15, 0.2) is 0 Å². The second-order valence-corrected chi connectivity index (χ2v) is 3.05. The minimum atomic E-state index is 0.930. The monoisotopic (exact) mass is 261 g/mol. The molecule has 0 atom stereocenters. The van der Waals surface area contributed by atoms with Gasteiger partial charge in [0.1, 0.15) is 0 Å². The maximum absolute atomic E-state index is 4.10. The molecule has 1 nitrogen and oxygen atoms in total. The van der Waals surface area contributed by atoms with Crippen molar-refractivity contribution in [2.45, 2.75) is 0 Å². The van der Waals surface area contributed by atoms with E-state index in [1.54, 1.807) is 11.2 Å². The molecule has 1 aromatic rings.